The summed E-state index contributed by atoms with van der Waals surface area (Å²) in [7, 11) is 0. The zero-order valence-corrected chi connectivity index (χ0v) is 17.1. The van der Waals surface area contributed by atoms with Crippen LogP contribution in [0.5, 0.6) is 0 Å². The molecular weight excluding hydrogens is 405 g/mol. The van der Waals surface area contributed by atoms with Gasteiger partial charge in [-0.05, 0) is 30.0 Å². The summed E-state index contributed by atoms with van der Waals surface area (Å²) in [5.41, 5.74) is 5.24. The molecule has 2 aliphatic carbocycles. The molecule has 3 unspecified atom stereocenters. The maximum Gasteiger partial charge on any atom is 0.247 e. The number of allylic oxidation sites excluding steroid dienone is 6. The first kappa shape index (κ1) is 20.4. The van der Waals surface area contributed by atoms with Gasteiger partial charge in [-0.15, -0.1) is 0 Å². The summed E-state index contributed by atoms with van der Waals surface area (Å²) in [4.78, 5) is 20.9. The lowest BCUT2D eigenvalue weighted by molar-refractivity contribution is -0.130. The van der Waals surface area contributed by atoms with Crippen molar-refractivity contribution in [3.63, 3.8) is 0 Å². The third kappa shape index (κ3) is 3.80. The van der Waals surface area contributed by atoms with Crippen LogP contribution in [0.2, 0.25) is 5.02 Å². The van der Waals surface area contributed by atoms with E-state index in [2.05, 4.69) is 23.0 Å². The van der Waals surface area contributed by atoms with E-state index in [1.807, 2.05) is 12.2 Å². The van der Waals surface area contributed by atoms with Gasteiger partial charge in [0.25, 0.3) is 0 Å². The molecule has 2 N–H and O–H groups in total. The van der Waals surface area contributed by atoms with Crippen LogP contribution in [0.3, 0.4) is 0 Å². The molecule has 4 rings (SSSR count). The number of amides is 1. The summed E-state index contributed by atoms with van der Waals surface area (Å²) in [6, 6.07) is 6.47. The van der Waals surface area contributed by atoms with Crippen LogP contribution < -0.4 is 5.48 Å². The molecule has 0 bridgehead atoms. The van der Waals surface area contributed by atoms with E-state index >= 15 is 0 Å². The Bertz CT molecular complexity index is 1060. The molecule has 1 amide bonds. The fourth-order valence-electron chi connectivity index (χ4n) is 4.24. The maximum absolute atomic E-state index is 14.4. The summed E-state index contributed by atoms with van der Waals surface area (Å²) in [5, 5.41) is 9.65. The second-order valence-corrected chi connectivity index (χ2v) is 7.85. The molecule has 0 radical (unpaired) electrons. The maximum atomic E-state index is 14.4. The van der Waals surface area contributed by atoms with Crippen molar-refractivity contribution in [3.05, 3.63) is 88.3 Å². The molecule has 2 aromatic rings. The number of halogens is 2. The summed E-state index contributed by atoms with van der Waals surface area (Å²) < 4.78 is 14.4. The lowest BCUT2D eigenvalue weighted by Gasteiger charge is -2.07. The van der Waals surface area contributed by atoms with Crippen molar-refractivity contribution in [1.82, 2.24) is 15.4 Å². The van der Waals surface area contributed by atoms with Crippen molar-refractivity contribution in [3.8, 4) is 0 Å². The minimum absolute atomic E-state index is 0.214. The zero-order chi connectivity index (χ0) is 21.3. The minimum atomic E-state index is -0.527. The summed E-state index contributed by atoms with van der Waals surface area (Å²) >= 11 is 5.91. The quantitative estimate of drug-likeness (QED) is 0.530. The SMILES string of the molecule is CCC1=C(c2ncc(Cl)cn2)C=CC(C2C(C(=O)NO)C2c2ccccc2F)=CC1. The van der Waals surface area contributed by atoms with E-state index in [0.717, 1.165) is 23.1 Å². The van der Waals surface area contributed by atoms with Gasteiger partial charge >= 0.3 is 0 Å². The van der Waals surface area contributed by atoms with Crippen molar-refractivity contribution in [1.29, 1.82) is 0 Å². The Kier molecular flexibility index (Phi) is 5.79. The Hall–Kier alpha value is -2.83. The molecule has 1 aromatic heterocycles. The van der Waals surface area contributed by atoms with Crippen LogP contribution in [0, 0.1) is 17.7 Å². The zero-order valence-electron chi connectivity index (χ0n) is 16.3. The molecule has 154 valence electrons. The van der Waals surface area contributed by atoms with E-state index < -0.39 is 11.8 Å². The van der Waals surface area contributed by atoms with Crippen LogP contribution in [0.4, 0.5) is 4.39 Å². The second kappa shape index (κ2) is 8.50. The van der Waals surface area contributed by atoms with Gasteiger partial charge in [0.15, 0.2) is 5.82 Å². The molecule has 0 spiro atoms. The van der Waals surface area contributed by atoms with Crippen molar-refractivity contribution >= 4 is 23.1 Å². The van der Waals surface area contributed by atoms with Gasteiger partial charge < -0.3 is 0 Å². The first-order valence-electron chi connectivity index (χ1n) is 9.81. The number of carbonyl (C=O) groups excluding carboxylic acids is 1. The number of hydrogen-bond donors (Lipinski definition) is 2. The number of carbonyl (C=O) groups is 1. The van der Waals surface area contributed by atoms with Crippen molar-refractivity contribution in [2.75, 3.05) is 0 Å². The Balaban J connectivity index is 1.66. The van der Waals surface area contributed by atoms with E-state index in [0.29, 0.717) is 22.8 Å². The molecule has 7 heteroatoms. The third-order valence-corrected chi connectivity index (χ3v) is 5.97. The smallest absolute Gasteiger partial charge is 0.247 e. The van der Waals surface area contributed by atoms with Crippen LogP contribution in [-0.2, 0) is 4.79 Å². The molecule has 0 saturated heterocycles. The van der Waals surface area contributed by atoms with Gasteiger partial charge in [0.05, 0.1) is 10.9 Å². The highest BCUT2D eigenvalue weighted by Crippen LogP contribution is 2.59. The van der Waals surface area contributed by atoms with Crippen LogP contribution in [0.1, 0.15) is 37.1 Å². The molecule has 5 nitrogen and oxygen atoms in total. The molecule has 30 heavy (non-hydrogen) atoms. The van der Waals surface area contributed by atoms with Gasteiger partial charge in [-0.3, -0.25) is 10.0 Å². The van der Waals surface area contributed by atoms with Crippen molar-refractivity contribution < 1.29 is 14.4 Å². The topological polar surface area (TPSA) is 75.1 Å². The highest BCUT2D eigenvalue weighted by Gasteiger charge is 2.57. The number of nitrogens with zero attached hydrogens (tertiary/aromatic N) is 2. The number of hydroxylamine groups is 1. The number of aromatic nitrogens is 2. The van der Waals surface area contributed by atoms with Gasteiger partial charge in [0, 0.05) is 29.8 Å². The highest BCUT2D eigenvalue weighted by atomic mass is 35.5. The van der Waals surface area contributed by atoms with Gasteiger partial charge in [0.2, 0.25) is 5.91 Å². The Morgan fingerprint density at radius 3 is 2.63 bits per heavy atom. The highest BCUT2D eigenvalue weighted by molar-refractivity contribution is 6.30. The number of nitrogens with one attached hydrogen (secondary N) is 1. The molecule has 1 aromatic carbocycles. The van der Waals surface area contributed by atoms with Crippen molar-refractivity contribution in [2.45, 2.75) is 25.7 Å². The summed E-state index contributed by atoms with van der Waals surface area (Å²) in [6.07, 6.45) is 10.6. The van der Waals surface area contributed by atoms with E-state index in [-0.39, 0.29) is 17.7 Å². The molecule has 1 saturated carbocycles. The van der Waals surface area contributed by atoms with Gasteiger partial charge in [0.1, 0.15) is 5.82 Å². The normalized spacial score (nSPS) is 23.1. The lowest BCUT2D eigenvalue weighted by Crippen LogP contribution is -2.22. The number of rotatable bonds is 5. The molecular formula is C23H21ClFN3O2. The first-order chi connectivity index (χ1) is 14.5. The standard InChI is InChI=1S/C23H21ClFN3O2/c1-2-13-7-8-14(9-10-16(13)22-26-11-15(24)12-27-22)19-20(21(19)23(29)28-30)17-5-3-4-6-18(17)25/h3-6,8-12,19-21,30H,2,7H2,1H3,(H,28,29). The first-order valence-corrected chi connectivity index (χ1v) is 10.2. The Labute approximate surface area is 179 Å². The fraction of sp³-hybridized carbons (Fsp3) is 0.261. The monoisotopic (exact) mass is 425 g/mol. The summed E-state index contributed by atoms with van der Waals surface area (Å²) in [5.74, 6) is -1.32. The van der Waals surface area contributed by atoms with E-state index in [1.54, 1.807) is 36.1 Å². The minimum Gasteiger partial charge on any atom is -0.289 e. The third-order valence-electron chi connectivity index (χ3n) is 5.78. The molecule has 1 fully saturated rings. The summed E-state index contributed by atoms with van der Waals surface area (Å²) in [6.45, 7) is 2.07. The van der Waals surface area contributed by atoms with Gasteiger partial charge in [-0.25, -0.2) is 19.8 Å². The Morgan fingerprint density at radius 2 is 1.97 bits per heavy atom. The predicted octanol–water partition coefficient (Wildman–Crippen LogP) is 4.85. The van der Waals surface area contributed by atoms with Gasteiger partial charge in [-0.2, -0.15) is 0 Å². The van der Waals surface area contributed by atoms with E-state index in [4.69, 9.17) is 11.6 Å². The van der Waals surface area contributed by atoms with Crippen LogP contribution in [0.15, 0.2) is 66.0 Å². The fourth-order valence-corrected chi connectivity index (χ4v) is 4.34. The van der Waals surface area contributed by atoms with Crippen molar-refractivity contribution in [2.24, 2.45) is 11.8 Å². The second-order valence-electron chi connectivity index (χ2n) is 7.41. The largest absolute Gasteiger partial charge is 0.289 e. The number of hydrogen-bond acceptors (Lipinski definition) is 4. The number of benzene rings is 1. The van der Waals surface area contributed by atoms with E-state index in [9.17, 15) is 14.4 Å². The average Bonchev–Trinajstić information content (AvgIpc) is 3.52. The molecule has 3 atom stereocenters. The van der Waals surface area contributed by atoms with Gasteiger partial charge in [-0.1, -0.05) is 60.5 Å². The average molecular weight is 426 g/mol. The van der Waals surface area contributed by atoms with E-state index in [1.165, 1.54) is 6.07 Å². The predicted molar refractivity (Wildman–Crippen MR) is 112 cm³/mol. The van der Waals surface area contributed by atoms with Crippen LogP contribution in [0.25, 0.3) is 5.57 Å². The molecule has 2 aliphatic rings. The molecule has 1 heterocycles. The lowest BCUT2D eigenvalue weighted by atomic mass is 10.0. The molecule has 0 aliphatic heterocycles. The van der Waals surface area contributed by atoms with Crippen LogP contribution in [-0.4, -0.2) is 21.1 Å². The van der Waals surface area contributed by atoms with Crippen LogP contribution >= 0.6 is 11.6 Å². The Morgan fingerprint density at radius 1 is 1.23 bits per heavy atom.